The lowest BCUT2D eigenvalue weighted by molar-refractivity contribution is 0.0435. The number of nitriles is 1. The zero-order chi connectivity index (χ0) is 14.4. The first kappa shape index (κ1) is 15.3. The molecule has 0 heterocycles. The van der Waals surface area contributed by atoms with Crippen LogP contribution in [0.4, 0.5) is 0 Å². The first-order chi connectivity index (χ1) is 9.03. The van der Waals surface area contributed by atoms with Crippen molar-refractivity contribution in [1.82, 2.24) is 0 Å². The molecule has 0 unspecified atom stereocenters. The second-order valence-electron chi connectivity index (χ2n) is 3.60. The Morgan fingerprint density at radius 1 is 1.53 bits per heavy atom. The predicted molar refractivity (Wildman–Crippen MR) is 72.4 cm³/mol. The molecule has 0 aliphatic rings. The highest BCUT2D eigenvalue weighted by atomic mass is 79.9. The highest BCUT2D eigenvalue weighted by molar-refractivity contribution is 9.10. The molecule has 1 rings (SSSR count). The van der Waals surface area contributed by atoms with Gasteiger partial charge in [-0.1, -0.05) is 0 Å². The smallest absolute Gasteiger partial charge is 0.339 e. The lowest BCUT2D eigenvalue weighted by Gasteiger charge is -2.13. The van der Waals surface area contributed by atoms with Gasteiger partial charge in [0, 0.05) is 0 Å². The van der Waals surface area contributed by atoms with E-state index in [1.807, 2.05) is 13.0 Å². The molecule has 19 heavy (non-hydrogen) atoms. The van der Waals surface area contributed by atoms with E-state index in [1.54, 1.807) is 6.07 Å². The van der Waals surface area contributed by atoms with Gasteiger partial charge in [0.25, 0.3) is 0 Å². The number of halogens is 1. The Labute approximate surface area is 120 Å². The third kappa shape index (κ3) is 3.86. The van der Waals surface area contributed by atoms with Gasteiger partial charge < -0.3 is 14.2 Å². The van der Waals surface area contributed by atoms with Crippen LogP contribution in [-0.2, 0) is 4.74 Å². The normalized spacial score (nSPS) is 11.3. The van der Waals surface area contributed by atoms with Gasteiger partial charge in [-0.05, 0) is 41.9 Å². The number of nitrogens with zero attached hydrogens (tertiary/aromatic N) is 1. The molecule has 0 aromatic heterocycles. The van der Waals surface area contributed by atoms with Crippen LogP contribution in [0, 0.1) is 11.3 Å². The summed E-state index contributed by atoms with van der Waals surface area (Å²) in [6, 6.07) is 4.92. The highest BCUT2D eigenvalue weighted by Gasteiger charge is 2.17. The maximum Gasteiger partial charge on any atom is 0.339 e. The molecule has 0 spiro atoms. The first-order valence-electron chi connectivity index (χ1n) is 5.64. The Hall–Kier alpha value is -1.74. The monoisotopic (exact) mass is 327 g/mol. The van der Waals surface area contributed by atoms with Gasteiger partial charge in [-0.3, -0.25) is 0 Å². The van der Waals surface area contributed by atoms with Crippen LogP contribution < -0.4 is 9.47 Å². The van der Waals surface area contributed by atoms with Gasteiger partial charge in [-0.2, -0.15) is 5.26 Å². The molecule has 0 amide bonds. The molecule has 0 fully saturated rings. The summed E-state index contributed by atoms with van der Waals surface area (Å²) in [5, 5.41) is 8.62. The molecule has 6 heteroatoms. The second-order valence-corrected chi connectivity index (χ2v) is 4.45. The molecule has 1 atom stereocenters. The maximum absolute atomic E-state index is 11.8. The summed E-state index contributed by atoms with van der Waals surface area (Å²) < 4.78 is 16.1. The van der Waals surface area contributed by atoms with Crippen LogP contribution >= 0.6 is 15.9 Å². The Bertz CT molecular complexity index is 510. The number of ether oxygens (including phenoxy) is 3. The molecule has 0 aliphatic heterocycles. The van der Waals surface area contributed by atoms with Crippen molar-refractivity contribution in [3.05, 3.63) is 22.2 Å². The fourth-order valence-electron chi connectivity index (χ4n) is 1.40. The number of benzene rings is 1. The van der Waals surface area contributed by atoms with Crippen LogP contribution in [0.5, 0.6) is 11.5 Å². The number of esters is 1. The van der Waals surface area contributed by atoms with Crippen LogP contribution in [0.1, 0.15) is 24.2 Å². The number of hydrogen-bond donors (Lipinski definition) is 0. The van der Waals surface area contributed by atoms with E-state index in [0.717, 1.165) is 0 Å². The molecule has 1 aromatic carbocycles. The van der Waals surface area contributed by atoms with Crippen LogP contribution in [0.15, 0.2) is 16.6 Å². The van der Waals surface area contributed by atoms with Crippen molar-refractivity contribution >= 4 is 21.9 Å². The number of carbonyl (C=O) groups excluding carboxylic acids is 1. The topological polar surface area (TPSA) is 68.5 Å². The van der Waals surface area contributed by atoms with E-state index < -0.39 is 12.1 Å². The minimum atomic E-state index is -0.802. The molecule has 1 aromatic rings. The summed E-state index contributed by atoms with van der Waals surface area (Å²) in [4.78, 5) is 11.8. The van der Waals surface area contributed by atoms with Crippen molar-refractivity contribution < 1.29 is 19.0 Å². The van der Waals surface area contributed by atoms with E-state index in [4.69, 9.17) is 19.5 Å². The fourth-order valence-corrected chi connectivity index (χ4v) is 2.01. The Morgan fingerprint density at radius 2 is 2.21 bits per heavy atom. The van der Waals surface area contributed by atoms with Crippen LogP contribution in [0.2, 0.25) is 0 Å². The van der Waals surface area contributed by atoms with Gasteiger partial charge in [0.1, 0.15) is 6.07 Å². The molecule has 0 radical (unpaired) electrons. The molecule has 0 N–H and O–H groups in total. The fraction of sp³-hybridized carbons (Fsp3) is 0.385. The summed E-state index contributed by atoms with van der Waals surface area (Å²) in [5.41, 5.74) is 0.290. The summed E-state index contributed by atoms with van der Waals surface area (Å²) in [5.74, 6) is 0.362. The van der Waals surface area contributed by atoms with E-state index in [0.29, 0.717) is 28.1 Å². The molecule has 5 nitrogen and oxygen atoms in total. The van der Waals surface area contributed by atoms with Crippen LogP contribution in [-0.4, -0.2) is 25.8 Å². The molecular weight excluding hydrogens is 314 g/mol. The molecule has 0 bridgehead atoms. The standard InChI is InChI=1S/C13H14BrNO4/c1-4-18-11-6-9(5-10(14)12(11)17-3)13(16)19-8(2)7-15/h5-6,8H,4H2,1-3H3/t8-/m0/s1. The minimum absolute atomic E-state index is 0.290. The van der Waals surface area contributed by atoms with E-state index in [2.05, 4.69) is 15.9 Å². The largest absolute Gasteiger partial charge is 0.492 e. The predicted octanol–water partition coefficient (Wildman–Crippen LogP) is 2.93. The molecule has 0 saturated carbocycles. The van der Waals surface area contributed by atoms with Gasteiger partial charge in [0.05, 0.1) is 23.8 Å². The number of rotatable bonds is 5. The van der Waals surface area contributed by atoms with Crippen molar-refractivity contribution in [3.8, 4) is 17.6 Å². The number of hydrogen-bond acceptors (Lipinski definition) is 5. The zero-order valence-corrected chi connectivity index (χ0v) is 12.5. The highest BCUT2D eigenvalue weighted by Crippen LogP contribution is 2.36. The third-order valence-electron chi connectivity index (χ3n) is 2.21. The minimum Gasteiger partial charge on any atom is -0.492 e. The SMILES string of the molecule is CCOc1cc(C(=O)O[C@@H](C)C#N)cc(Br)c1OC. The lowest BCUT2D eigenvalue weighted by atomic mass is 10.2. The summed E-state index contributed by atoms with van der Waals surface area (Å²) in [6.07, 6.45) is -0.802. The summed E-state index contributed by atoms with van der Waals surface area (Å²) in [6.45, 7) is 3.77. The average molecular weight is 328 g/mol. The Balaban J connectivity index is 3.10. The van der Waals surface area contributed by atoms with Gasteiger partial charge in [0.2, 0.25) is 0 Å². The van der Waals surface area contributed by atoms with Crippen molar-refractivity contribution in [2.45, 2.75) is 20.0 Å². The molecule has 0 saturated heterocycles. The van der Waals surface area contributed by atoms with E-state index >= 15 is 0 Å². The van der Waals surface area contributed by atoms with Gasteiger partial charge in [-0.25, -0.2) is 4.79 Å². The van der Waals surface area contributed by atoms with Crippen molar-refractivity contribution in [1.29, 1.82) is 5.26 Å². The van der Waals surface area contributed by atoms with Crippen molar-refractivity contribution in [2.75, 3.05) is 13.7 Å². The summed E-state index contributed by atoms with van der Waals surface area (Å²) in [7, 11) is 1.51. The molecule has 0 aliphatic carbocycles. The third-order valence-corrected chi connectivity index (χ3v) is 2.80. The molecular formula is C13H14BrNO4. The number of methoxy groups -OCH3 is 1. The Kier molecular flexibility index (Phi) is 5.64. The van der Waals surface area contributed by atoms with Crippen LogP contribution in [0.3, 0.4) is 0 Å². The molecule has 102 valence electrons. The average Bonchev–Trinajstić information content (AvgIpc) is 2.38. The van der Waals surface area contributed by atoms with E-state index in [1.165, 1.54) is 20.1 Å². The zero-order valence-electron chi connectivity index (χ0n) is 10.9. The van der Waals surface area contributed by atoms with Crippen LogP contribution in [0.25, 0.3) is 0 Å². The van der Waals surface area contributed by atoms with Crippen molar-refractivity contribution in [3.63, 3.8) is 0 Å². The second kappa shape index (κ2) is 7.00. The van der Waals surface area contributed by atoms with E-state index in [9.17, 15) is 4.79 Å². The Morgan fingerprint density at radius 3 is 2.74 bits per heavy atom. The van der Waals surface area contributed by atoms with Gasteiger partial charge in [-0.15, -0.1) is 0 Å². The van der Waals surface area contributed by atoms with Crippen molar-refractivity contribution in [2.24, 2.45) is 0 Å². The lowest BCUT2D eigenvalue weighted by Crippen LogP contribution is -2.13. The number of carbonyl (C=O) groups is 1. The quantitative estimate of drug-likeness (QED) is 0.778. The maximum atomic E-state index is 11.8. The van der Waals surface area contributed by atoms with Gasteiger partial charge >= 0.3 is 5.97 Å². The summed E-state index contributed by atoms with van der Waals surface area (Å²) >= 11 is 3.30. The van der Waals surface area contributed by atoms with Gasteiger partial charge in [0.15, 0.2) is 17.6 Å². The first-order valence-corrected chi connectivity index (χ1v) is 6.43. The van der Waals surface area contributed by atoms with E-state index in [-0.39, 0.29) is 0 Å².